The molecule has 0 aromatic rings. The Bertz CT molecular complexity index is 20.9. The van der Waals surface area contributed by atoms with E-state index in [1.54, 1.807) is 0 Å². The lowest BCUT2D eigenvalue weighted by molar-refractivity contribution is 0.832. The molecule has 1 unspecified atom stereocenters. The van der Waals surface area contributed by atoms with E-state index in [9.17, 15) is 0 Å². The molecule has 0 saturated carbocycles. The van der Waals surface area contributed by atoms with E-state index < -0.39 is 0 Å². The molecule has 1 atom stereocenters. The fourth-order valence-electron chi connectivity index (χ4n) is 0. The highest BCUT2D eigenvalue weighted by Crippen LogP contribution is 1.74. The van der Waals surface area contributed by atoms with Gasteiger partial charge < -0.3 is 5.73 Å². The summed E-state index contributed by atoms with van der Waals surface area (Å²) in [6.45, 7) is 2.03. The summed E-state index contributed by atoms with van der Waals surface area (Å²) in [5, 5.41) is 0. The first-order valence-electron chi connectivity index (χ1n) is 2.03. The molecule has 0 aliphatic rings. The van der Waals surface area contributed by atoms with E-state index in [1.165, 1.54) is 16.3 Å². The van der Waals surface area contributed by atoms with Gasteiger partial charge in [-0.1, -0.05) is 13.0 Å². The number of rotatable bonds is 1. The fourth-order valence-corrected chi connectivity index (χ4v) is 0. The molecule has 0 saturated heterocycles. The Kier molecular flexibility index (Phi) is 2.50. The quantitative estimate of drug-likeness (QED) is 0.415. The highest BCUT2D eigenvalue weighted by Gasteiger charge is 1.79. The average molecular weight is 89.2 g/mol. The van der Waals surface area contributed by atoms with Crippen LogP contribution in [-0.2, 0) is 0 Å². The van der Waals surface area contributed by atoms with Crippen LogP contribution in [0.4, 0.5) is 0 Å². The highest BCUT2D eigenvalue weighted by atomic mass is 28.1. The van der Waals surface area contributed by atoms with Gasteiger partial charge in [0, 0.05) is 10.2 Å². The number of nitrogens with two attached hydrogens (primary N) is 1. The van der Waals surface area contributed by atoms with Gasteiger partial charge in [0.2, 0.25) is 0 Å². The summed E-state index contributed by atoms with van der Waals surface area (Å²) in [6, 6.07) is 1.67. The Morgan fingerprint density at radius 2 is 2.20 bits per heavy atom. The minimum absolute atomic E-state index is 0.446. The van der Waals surface area contributed by atoms with Crippen molar-refractivity contribution in [1.29, 1.82) is 0 Å². The largest absolute Gasteiger partial charge is 0.328 e. The molecular weight excluding hydrogens is 78.1 g/mol. The second-order valence-corrected chi connectivity index (χ2v) is 2.20. The van der Waals surface area contributed by atoms with E-state index in [4.69, 9.17) is 5.73 Å². The summed E-state index contributed by atoms with van der Waals surface area (Å²) >= 11 is 0. The second-order valence-electron chi connectivity index (χ2n) is 1.39. The Morgan fingerprint density at radius 3 is 2.20 bits per heavy atom. The lowest BCUT2D eigenvalue weighted by atomic mass is 10.4. The molecule has 0 aliphatic carbocycles. The summed E-state index contributed by atoms with van der Waals surface area (Å²) in [4.78, 5) is 0. The fraction of sp³-hybridized carbons (Fsp3) is 1.00. The van der Waals surface area contributed by atoms with Crippen molar-refractivity contribution in [1.82, 2.24) is 0 Å². The van der Waals surface area contributed by atoms with Crippen LogP contribution in [0.1, 0.15) is 6.92 Å². The van der Waals surface area contributed by atoms with E-state index in [0.29, 0.717) is 6.04 Å². The molecule has 0 aromatic carbocycles. The van der Waals surface area contributed by atoms with Crippen molar-refractivity contribution in [3.05, 3.63) is 0 Å². The zero-order valence-corrected chi connectivity index (χ0v) is 5.86. The first-order chi connectivity index (χ1) is 2.27. The maximum atomic E-state index is 5.33. The van der Waals surface area contributed by atoms with Crippen molar-refractivity contribution in [2.45, 2.75) is 19.0 Å². The molecule has 0 rings (SSSR count). The summed E-state index contributed by atoms with van der Waals surface area (Å²) in [6.07, 6.45) is 0. The van der Waals surface area contributed by atoms with Crippen LogP contribution >= 0.6 is 0 Å². The molecule has 1 nitrogen and oxygen atoms in total. The minimum Gasteiger partial charge on any atom is -0.328 e. The van der Waals surface area contributed by atoms with Crippen molar-refractivity contribution < 1.29 is 0 Å². The lowest BCUT2D eigenvalue weighted by Gasteiger charge is -1.91. The number of hydrogen-bond acceptors (Lipinski definition) is 1. The number of hydrogen-bond donors (Lipinski definition) is 1. The molecular formula is C3H11NSi. The third-order valence-electron chi connectivity index (χ3n) is 0.644. The average Bonchev–Trinajstić information content (AvgIpc) is 1.38. The Morgan fingerprint density at radius 1 is 2.00 bits per heavy atom. The van der Waals surface area contributed by atoms with Crippen molar-refractivity contribution in [2.24, 2.45) is 5.73 Å². The molecule has 2 N–H and O–H groups in total. The van der Waals surface area contributed by atoms with Crippen molar-refractivity contribution >= 4 is 10.2 Å². The van der Waals surface area contributed by atoms with Gasteiger partial charge in [-0.3, -0.25) is 0 Å². The van der Waals surface area contributed by atoms with E-state index >= 15 is 0 Å². The van der Waals surface area contributed by atoms with Crippen LogP contribution < -0.4 is 5.73 Å². The van der Waals surface area contributed by atoms with Crippen molar-refractivity contribution in [3.8, 4) is 0 Å². The topological polar surface area (TPSA) is 26.0 Å². The minimum atomic E-state index is 0.446. The Balaban J connectivity index is 2.54. The van der Waals surface area contributed by atoms with Crippen LogP contribution in [0.25, 0.3) is 0 Å². The van der Waals surface area contributed by atoms with E-state index in [0.717, 1.165) is 0 Å². The molecule has 2 heteroatoms. The normalized spacial score (nSPS) is 15.6. The summed E-state index contributed by atoms with van der Waals surface area (Å²) in [5.74, 6) is 0. The molecule has 0 heterocycles. The standard InChI is InChI=1S/C3H11NSi/c1-3(4)2-5/h3H,2,4H2,1,5H3. The smallest absolute Gasteiger partial charge is 0.00474 e. The molecule has 0 aliphatic heterocycles. The van der Waals surface area contributed by atoms with Crippen molar-refractivity contribution in [3.63, 3.8) is 0 Å². The molecule has 0 aromatic heterocycles. The lowest BCUT2D eigenvalue weighted by Crippen LogP contribution is -2.12. The summed E-state index contributed by atoms with van der Waals surface area (Å²) in [5.41, 5.74) is 5.33. The second kappa shape index (κ2) is 2.42. The van der Waals surface area contributed by atoms with Gasteiger partial charge in [0.1, 0.15) is 0 Å². The SMILES string of the molecule is CC(N)C[SiH3]. The van der Waals surface area contributed by atoms with Crippen LogP contribution in [0.15, 0.2) is 0 Å². The molecule has 0 bridgehead atoms. The van der Waals surface area contributed by atoms with Gasteiger partial charge in [0.15, 0.2) is 0 Å². The van der Waals surface area contributed by atoms with Gasteiger partial charge in [-0.15, -0.1) is 0 Å². The summed E-state index contributed by atoms with van der Waals surface area (Å²) < 4.78 is 0. The van der Waals surface area contributed by atoms with Gasteiger partial charge in [-0.2, -0.15) is 0 Å². The summed E-state index contributed by atoms with van der Waals surface area (Å²) in [7, 11) is 1.25. The van der Waals surface area contributed by atoms with Gasteiger partial charge >= 0.3 is 0 Å². The molecule has 32 valence electrons. The first-order valence-corrected chi connectivity index (χ1v) is 3.44. The van der Waals surface area contributed by atoms with E-state index in [2.05, 4.69) is 0 Å². The maximum Gasteiger partial charge on any atom is 0.00474 e. The van der Waals surface area contributed by atoms with Crippen LogP contribution in [0, 0.1) is 0 Å². The molecule has 0 radical (unpaired) electrons. The van der Waals surface area contributed by atoms with Crippen LogP contribution in [0.5, 0.6) is 0 Å². The third-order valence-corrected chi connectivity index (χ3v) is 1.93. The van der Waals surface area contributed by atoms with Gasteiger partial charge in [0.25, 0.3) is 0 Å². The molecule has 0 spiro atoms. The van der Waals surface area contributed by atoms with Crippen LogP contribution in [0.2, 0.25) is 6.04 Å². The Hall–Kier alpha value is 0.177. The first kappa shape index (κ1) is 5.18. The molecule has 5 heavy (non-hydrogen) atoms. The van der Waals surface area contributed by atoms with E-state index in [-0.39, 0.29) is 0 Å². The maximum absolute atomic E-state index is 5.33. The van der Waals surface area contributed by atoms with Crippen LogP contribution in [0.3, 0.4) is 0 Å². The molecule has 0 amide bonds. The molecule has 0 fully saturated rings. The monoisotopic (exact) mass is 89.1 g/mol. The predicted octanol–water partition coefficient (Wildman–Crippen LogP) is -0.883. The van der Waals surface area contributed by atoms with E-state index in [1.807, 2.05) is 6.92 Å². The third kappa shape index (κ3) is 4.18. The zero-order chi connectivity index (χ0) is 4.28. The zero-order valence-electron chi connectivity index (χ0n) is 3.86. The van der Waals surface area contributed by atoms with Crippen molar-refractivity contribution in [2.75, 3.05) is 0 Å². The highest BCUT2D eigenvalue weighted by molar-refractivity contribution is 6.08. The predicted molar refractivity (Wildman–Crippen MR) is 28.4 cm³/mol. The van der Waals surface area contributed by atoms with Gasteiger partial charge in [-0.25, -0.2) is 0 Å². The van der Waals surface area contributed by atoms with Crippen LogP contribution in [-0.4, -0.2) is 16.3 Å². The van der Waals surface area contributed by atoms with Gasteiger partial charge in [-0.05, 0) is 6.04 Å². The Labute approximate surface area is 36.0 Å². The van der Waals surface area contributed by atoms with Gasteiger partial charge in [0.05, 0.1) is 0 Å².